The SMILES string of the molecule is Cc1cccc(C(=O)N2CCN(CCNC(=O)C(=O)NC(C)C)CC2)c1. The van der Waals surface area contributed by atoms with Crippen LogP contribution in [0.15, 0.2) is 24.3 Å². The van der Waals surface area contributed by atoms with E-state index >= 15 is 0 Å². The number of carbonyl (C=O) groups is 3. The molecular weight excluding hydrogens is 332 g/mol. The average Bonchev–Trinajstić information content (AvgIpc) is 2.61. The van der Waals surface area contributed by atoms with Crippen molar-refractivity contribution in [2.24, 2.45) is 0 Å². The highest BCUT2D eigenvalue weighted by atomic mass is 16.2. The highest BCUT2D eigenvalue weighted by molar-refractivity contribution is 6.35. The molecule has 1 fully saturated rings. The molecule has 26 heavy (non-hydrogen) atoms. The molecule has 2 rings (SSSR count). The van der Waals surface area contributed by atoms with Gasteiger partial charge in [0, 0.05) is 50.9 Å². The molecule has 0 bridgehead atoms. The number of hydrogen-bond acceptors (Lipinski definition) is 4. The summed E-state index contributed by atoms with van der Waals surface area (Å²) in [6.45, 7) is 9.50. The number of carbonyl (C=O) groups excluding carboxylic acids is 3. The van der Waals surface area contributed by atoms with Crippen LogP contribution in [0.2, 0.25) is 0 Å². The fraction of sp³-hybridized carbons (Fsp3) is 0.526. The van der Waals surface area contributed by atoms with Crippen LogP contribution in [0.3, 0.4) is 0 Å². The average molecular weight is 360 g/mol. The van der Waals surface area contributed by atoms with Crippen molar-refractivity contribution in [2.75, 3.05) is 39.3 Å². The molecule has 7 nitrogen and oxygen atoms in total. The summed E-state index contributed by atoms with van der Waals surface area (Å²) >= 11 is 0. The Labute approximate surface area is 154 Å². The minimum absolute atomic E-state index is 0.0620. The van der Waals surface area contributed by atoms with Crippen LogP contribution in [0.1, 0.15) is 29.8 Å². The molecule has 142 valence electrons. The van der Waals surface area contributed by atoms with Crippen LogP contribution in [-0.2, 0) is 9.59 Å². The van der Waals surface area contributed by atoms with Gasteiger partial charge < -0.3 is 15.5 Å². The second-order valence-corrected chi connectivity index (χ2v) is 6.89. The molecular formula is C19H28N4O3. The van der Waals surface area contributed by atoms with Crippen LogP contribution in [-0.4, -0.2) is 72.8 Å². The zero-order valence-corrected chi connectivity index (χ0v) is 15.7. The lowest BCUT2D eigenvalue weighted by Crippen LogP contribution is -2.51. The number of hydrogen-bond donors (Lipinski definition) is 2. The molecule has 0 atom stereocenters. The number of benzene rings is 1. The van der Waals surface area contributed by atoms with E-state index in [9.17, 15) is 14.4 Å². The molecule has 1 aliphatic heterocycles. The highest BCUT2D eigenvalue weighted by Crippen LogP contribution is 2.10. The van der Waals surface area contributed by atoms with Crippen LogP contribution in [0.25, 0.3) is 0 Å². The molecule has 1 aromatic rings. The molecule has 3 amide bonds. The Kier molecular flexibility index (Phi) is 7.15. The molecule has 0 unspecified atom stereocenters. The van der Waals surface area contributed by atoms with Gasteiger partial charge in [0.15, 0.2) is 0 Å². The van der Waals surface area contributed by atoms with E-state index in [0.717, 1.165) is 24.2 Å². The van der Waals surface area contributed by atoms with Gasteiger partial charge in [-0.1, -0.05) is 17.7 Å². The smallest absolute Gasteiger partial charge is 0.309 e. The van der Waals surface area contributed by atoms with E-state index in [1.54, 1.807) is 0 Å². The van der Waals surface area contributed by atoms with Crippen molar-refractivity contribution in [1.29, 1.82) is 0 Å². The van der Waals surface area contributed by atoms with E-state index in [2.05, 4.69) is 15.5 Å². The molecule has 0 aliphatic carbocycles. The second kappa shape index (κ2) is 9.33. The number of piperazine rings is 1. The molecule has 1 aliphatic rings. The summed E-state index contributed by atoms with van der Waals surface area (Å²) in [5, 5.41) is 5.19. The fourth-order valence-electron chi connectivity index (χ4n) is 2.87. The van der Waals surface area contributed by atoms with Gasteiger partial charge in [-0.25, -0.2) is 0 Å². The lowest BCUT2D eigenvalue weighted by molar-refractivity contribution is -0.139. The quantitative estimate of drug-likeness (QED) is 0.745. The number of nitrogens with zero attached hydrogens (tertiary/aromatic N) is 2. The van der Waals surface area contributed by atoms with Gasteiger partial charge in [-0.3, -0.25) is 19.3 Å². The number of amides is 3. The standard InChI is InChI=1S/C19H28N4O3/c1-14(2)21-18(25)17(24)20-7-8-22-9-11-23(12-10-22)19(26)16-6-4-5-15(3)13-16/h4-6,13-14H,7-12H2,1-3H3,(H,20,24)(H,21,25). The van der Waals surface area contributed by atoms with E-state index in [4.69, 9.17) is 0 Å². The first kappa shape index (κ1) is 19.9. The summed E-state index contributed by atoms with van der Waals surface area (Å²) in [5.41, 5.74) is 1.80. The zero-order valence-electron chi connectivity index (χ0n) is 15.7. The lowest BCUT2D eigenvalue weighted by Gasteiger charge is -2.34. The first-order chi connectivity index (χ1) is 12.4. The van der Waals surface area contributed by atoms with E-state index < -0.39 is 11.8 Å². The van der Waals surface area contributed by atoms with Gasteiger partial charge >= 0.3 is 11.8 Å². The normalized spacial score (nSPS) is 15.0. The first-order valence-electron chi connectivity index (χ1n) is 9.04. The van der Waals surface area contributed by atoms with Gasteiger partial charge in [0.2, 0.25) is 0 Å². The molecule has 2 N–H and O–H groups in total. The van der Waals surface area contributed by atoms with Crippen molar-refractivity contribution in [1.82, 2.24) is 20.4 Å². The second-order valence-electron chi connectivity index (χ2n) is 6.89. The Morgan fingerprint density at radius 1 is 1.08 bits per heavy atom. The molecule has 0 radical (unpaired) electrons. The third kappa shape index (κ3) is 5.84. The molecule has 7 heteroatoms. The van der Waals surface area contributed by atoms with Crippen LogP contribution < -0.4 is 10.6 Å². The first-order valence-corrected chi connectivity index (χ1v) is 9.04. The molecule has 1 saturated heterocycles. The van der Waals surface area contributed by atoms with Crippen LogP contribution in [0.4, 0.5) is 0 Å². The fourth-order valence-corrected chi connectivity index (χ4v) is 2.87. The van der Waals surface area contributed by atoms with Gasteiger partial charge in [-0.05, 0) is 32.9 Å². The number of rotatable bonds is 5. The maximum Gasteiger partial charge on any atom is 0.309 e. The number of nitrogens with one attached hydrogen (secondary N) is 2. The largest absolute Gasteiger partial charge is 0.347 e. The van der Waals surface area contributed by atoms with Crippen molar-refractivity contribution >= 4 is 17.7 Å². The number of aryl methyl sites for hydroxylation is 1. The van der Waals surface area contributed by atoms with Crippen molar-refractivity contribution in [3.63, 3.8) is 0 Å². The molecule has 0 aromatic heterocycles. The zero-order chi connectivity index (χ0) is 19.1. The molecule has 0 spiro atoms. The Hall–Kier alpha value is -2.41. The summed E-state index contributed by atoms with van der Waals surface area (Å²) < 4.78 is 0. The van der Waals surface area contributed by atoms with E-state index in [1.807, 2.05) is 49.9 Å². The summed E-state index contributed by atoms with van der Waals surface area (Å²) in [6, 6.07) is 7.57. The van der Waals surface area contributed by atoms with E-state index in [1.165, 1.54) is 0 Å². The lowest BCUT2D eigenvalue weighted by atomic mass is 10.1. The van der Waals surface area contributed by atoms with Crippen molar-refractivity contribution in [3.05, 3.63) is 35.4 Å². The van der Waals surface area contributed by atoms with Crippen LogP contribution in [0, 0.1) is 6.92 Å². The third-order valence-electron chi connectivity index (χ3n) is 4.26. The summed E-state index contributed by atoms with van der Waals surface area (Å²) in [4.78, 5) is 39.8. The van der Waals surface area contributed by atoms with Gasteiger partial charge in [-0.15, -0.1) is 0 Å². The maximum absolute atomic E-state index is 12.5. The monoisotopic (exact) mass is 360 g/mol. The van der Waals surface area contributed by atoms with Crippen molar-refractivity contribution in [2.45, 2.75) is 26.8 Å². The molecule has 0 saturated carbocycles. The highest BCUT2D eigenvalue weighted by Gasteiger charge is 2.22. The summed E-state index contributed by atoms with van der Waals surface area (Å²) in [6.07, 6.45) is 0. The van der Waals surface area contributed by atoms with Gasteiger partial charge in [0.05, 0.1) is 0 Å². The van der Waals surface area contributed by atoms with Gasteiger partial charge in [-0.2, -0.15) is 0 Å². The van der Waals surface area contributed by atoms with Crippen LogP contribution >= 0.6 is 0 Å². The predicted molar refractivity (Wildman–Crippen MR) is 99.8 cm³/mol. The van der Waals surface area contributed by atoms with E-state index in [-0.39, 0.29) is 11.9 Å². The summed E-state index contributed by atoms with van der Waals surface area (Å²) in [5.74, 6) is -1.15. The maximum atomic E-state index is 12.5. The molecule has 1 heterocycles. The Bertz CT molecular complexity index is 652. The Balaban J connectivity index is 1.71. The van der Waals surface area contributed by atoms with Gasteiger partial charge in [0.25, 0.3) is 5.91 Å². The minimum atomic E-state index is -0.605. The Morgan fingerprint density at radius 2 is 1.77 bits per heavy atom. The van der Waals surface area contributed by atoms with Crippen molar-refractivity contribution < 1.29 is 14.4 Å². The Morgan fingerprint density at radius 3 is 2.38 bits per heavy atom. The van der Waals surface area contributed by atoms with Crippen molar-refractivity contribution in [3.8, 4) is 0 Å². The third-order valence-corrected chi connectivity index (χ3v) is 4.26. The van der Waals surface area contributed by atoms with Gasteiger partial charge in [0.1, 0.15) is 0 Å². The predicted octanol–water partition coefficient (Wildman–Crippen LogP) is 0.394. The molecule has 1 aromatic carbocycles. The minimum Gasteiger partial charge on any atom is -0.347 e. The topological polar surface area (TPSA) is 81.8 Å². The summed E-state index contributed by atoms with van der Waals surface area (Å²) in [7, 11) is 0. The van der Waals surface area contributed by atoms with Crippen LogP contribution in [0.5, 0.6) is 0 Å². The van der Waals surface area contributed by atoms with E-state index in [0.29, 0.717) is 26.2 Å².